The maximum atomic E-state index is 5.12. The van der Waals surface area contributed by atoms with Crippen molar-refractivity contribution in [2.24, 2.45) is 27.6 Å². The molecule has 1 saturated carbocycles. The predicted molar refractivity (Wildman–Crippen MR) is 50.9 cm³/mol. The second kappa shape index (κ2) is 4.74. The maximum absolute atomic E-state index is 5.12. The molecule has 0 heterocycles. The van der Waals surface area contributed by atoms with E-state index < -0.39 is 0 Å². The molecule has 68 valence electrons. The van der Waals surface area contributed by atoms with Crippen molar-refractivity contribution >= 4 is 12.2 Å². The second-order valence-electron chi connectivity index (χ2n) is 3.19. The summed E-state index contributed by atoms with van der Waals surface area (Å²) in [5.41, 5.74) is 10.2. The Morgan fingerprint density at radius 3 is 2.42 bits per heavy atom. The molecule has 0 spiro atoms. The Morgan fingerprint density at radius 2 is 1.83 bits per heavy atom. The van der Waals surface area contributed by atoms with Crippen molar-refractivity contribution in [3.8, 4) is 0 Å². The third kappa shape index (κ3) is 3.37. The summed E-state index contributed by atoms with van der Waals surface area (Å²) >= 11 is 0. The highest BCUT2D eigenvalue weighted by Crippen LogP contribution is 2.21. The molecule has 1 aliphatic rings. The molecule has 4 heteroatoms. The molecule has 0 saturated heterocycles. The molecule has 0 unspecified atom stereocenters. The molecule has 4 nitrogen and oxygen atoms in total. The van der Waals surface area contributed by atoms with Crippen molar-refractivity contribution in [2.45, 2.75) is 32.1 Å². The zero-order chi connectivity index (χ0) is 8.81. The van der Waals surface area contributed by atoms with E-state index in [9.17, 15) is 0 Å². The van der Waals surface area contributed by atoms with Crippen LogP contribution in [0.15, 0.2) is 10.2 Å². The first-order chi connectivity index (χ1) is 5.79. The van der Waals surface area contributed by atoms with Gasteiger partial charge in [0.15, 0.2) is 0 Å². The Kier molecular flexibility index (Phi) is 3.57. The maximum Gasteiger partial charge on any atom is 0.211 e. The van der Waals surface area contributed by atoms with Gasteiger partial charge in [0.1, 0.15) is 0 Å². The molecule has 1 aliphatic carbocycles. The third-order valence-corrected chi connectivity index (χ3v) is 2.10. The zero-order valence-electron chi connectivity index (χ0n) is 7.24. The zero-order valence-corrected chi connectivity index (χ0v) is 7.24. The Morgan fingerprint density at radius 1 is 1.17 bits per heavy atom. The van der Waals surface area contributed by atoms with Gasteiger partial charge in [-0.05, 0) is 18.8 Å². The molecule has 1 fully saturated rings. The number of hydrogen-bond donors (Lipinski definition) is 2. The standard InChI is InChI=1S/C8H16N4/c9-8(10)12-11-6-7-4-2-1-3-5-7/h6-7H,1-5H2,(H4,9,10,12). The first-order valence-corrected chi connectivity index (χ1v) is 4.41. The summed E-state index contributed by atoms with van der Waals surface area (Å²) in [5, 5.41) is 7.37. The molecular formula is C8H16N4. The fourth-order valence-corrected chi connectivity index (χ4v) is 1.48. The summed E-state index contributed by atoms with van der Waals surface area (Å²) in [6, 6.07) is 0. The lowest BCUT2D eigenvalue weighted by Gasteiger charge is -2.16. The lowest BCUT2D eigenvalue weighted by Crippen LogP contribution is -2.22. The van der Waals surface area contributed by atoms with E-state index in [-0.39, 0.29) is 5.96 Å². The third-order valence-electron chi connectivity index (χ3n) is 2.10. The van der Waals surface area contributed by atoms with Crippen molar-refractivity contribution in [3.05, 3.63) is 0 Å². The molecule has 0 amide bonds. The van der Waals surface area contributed by atoms with Crippen LogP contribution >= 0.6 is 0 Å². The second-order valence-corrected chi connectivity index (χ2v) is 3.19. The van der Waals surface area contributed by atoms with E-state index in [1.165, 1.54) is 32.1 Å². The molecule has 0 aromatic heterocycles. The first kappa shape index (κ1) is 9.03. The summed E-state index contributed by atoms with van der Waals surface area (Å²) in [5.74, 6) is 0.615. The van der Waals surface area contributed by atoms with Gasteiger partial charge in [0, 0.05) is 6.21 Å². The Hall–Kier alpha value is -1.06. The van der Waals surface area contributed by atoms with Crippen LogP contribution in [0, 0.1) is 5.92 Å². The quantitative estimate of drug-likeness (QED) is 0.364. The van der Waals surface area contributed by atoms with Gasteiger partial charge < -0.3 is 11.5 Å². The minimum Gasteiger partial charge on any atom is -0.369 e. The van der Waals surface area contributed by atoms with Gasteiger partial charge in [-0.25, -0.2) is 0 Å². The molecule has 4 N–H and O–H groups in total. The van der Waals surface area contributed by atoms with E-state index in [2.05, 4.69) is 10.2 Å². The van der Waals surface area contributed by atoms with Crippen LogP contribution in [0.1, 0.15) is 32.1 Å². The summed E-state index contributed by atoms with van der Waals surface area (Å²) in [6.07, 6.45) is 8.27. The molecular weight excluding hydrogens is 152 g/mol. The Balaban J connectivity index is 2.29. The average Bonchev–Trinajstić information content (AvgIpc) is 2.05. The van der Waals surface area contributed by atoms with Gasteiger partial charge in [0.05, 0.1) is 0 Å². The number of guanidine groups is 1. The molecule has 0 aromatic carbocycles. The van der Waals surface area contributed by atoms with Gasteiger partial charge in [-0.3, -0.25) is 0 Å². The summed E-state index contributed by atoms with van der Waals surface area (Å²) in [4.78, 5) is 0. The highest BCUT2D eigenvalue weighted by Gasteiger charge is 2.10. The number of rotatable bonds is 2. The monoisotopic (exact) mass is 168 g/mol. The van der Waals surface area contributed by atoms with Crippen molar-refractivity contribution in [1.29, 1.82) is 0 Å². The summed E-state index contributed by atoms with van der Waals surface area (Å²) in [7, 11) is 0. The van der Waals surface area contributed by atoms with Crippen LogP contribution < -0.4 is 11.5 Å². The van der Waals surface area contributed by atoms with Crippen molar-refractivity contribution in [2.75, 3.05) is 0 Å². The van der Waals surface area contributed by atoms with Crippen LogP contribution in [0.2, 0.25) is 0 Å². The van der Waals surface area contributed by atoms with Crippen LogP contribution in [0.5, 0.6) is 0 Å². The SMILES string of the molecule is NC(N)=NN=CC1CCCCC1. The average molecular weight is 168 g/mol. The molecule has 0 aliphatic heterocycles. The van der Waals surface area contributed by atoms with Crippen LogP contribution in [0.3, 0.4) is 0 Å². The van der Waals surface area contributed by atoms with Crippen molar-refractivity contribution < 1.29 is 0 Å². The van der Waals surface area contributed by atoms with E-state index in [1.54, 1.807) is 0 Å². The minimum atomic E-state index is 0.0297. The normalized spacial score (nSPS) is 19.7. The van der Waals surface area contributed by atoms with Crippen LogP contribution in [0.25, 0.3) is 0 Å². The van der Waals surface area contributed by atoms with Crippen LogP contribution in [0.4, 0.5) is 0 Å². The lowest BCUT2D eigenvalue weighted by atomic mass is 9.90. The van der Waals surface area contributed by atoms with E-state index in [1.807, 2.05) is 6.21 Å². The fourth-order valence-electron chi connectivity index (χ4n) is 1.48. The Bertz CT molecular complexity index is 175. The molecule has 0 bridgehead atoms. The minimum absolute atomic E-state index is 0.0297. The first-order valence-electron chi connectivity index (χ1n) is 4.41. The number of nitrogens with two attached hydrogens (primary N) is 2. The molecule has 0 atom stereocenters. The predicted octanol–water partition coefficient (Wildman–Crippen LogP) is 0.826. The highest BCUT2D eigenvalue weighted by atomic mass is 15.3. The highest BCUT2D eigenvalue weighted by molar-refractivity contribution is 5.76. The molecule has 0 aromatic rings. The molecule has 0 radical (unpaired) electrons. The van der Waals surface area contributed by atoms with Gasteiger partial charge >= 0.3 is 0 Å². The number of hydrogen-bond acceptors (Lipinski definition) is 2. The van der Waals surface area contributed by atoms with Crippen molar-refractivity contribution in [1.82, 2.24) is 0 Å². The fraction of sp³-hybridized carbons (Fsp3) is 0.750. The van der Waals surface area contributed by atoms with Gasteiger partial charge in [0.25, 0.3) is 0 Å². The Labute approximate surface area is 72.7 Å². The summed E-state index contributed by atoms with van der Waals surface area (Å²) in [6.45, 7) is 0. The van der Waals surface area contributed by atoms with Crippen molar-refractivity contribution in [3.63, 3.8) is 0 Å². The van der Waals surface area contributed by atoms with Gasteiger partial charge in [0.2, 0.25) is 5.96 Å². The van der Waals surface area contributed by atoms with Gasteiger partial charge in [-0.1, -0.05) is 19.3 Å². The van der Waals surface area contributed by atoms with Crippen LogP contribution in [-0.2, 0) is 0 Å². The van der Waals surface area contributed by atoms with E-state index in [4.69, 9.17) is 11.5 Å². The molecule has 1 rings (SSSR count). The van der Waals surface area contributed by atoms with E-state index >= 15 is 0 Å². The van der Waals surface area contributed by atoms with Gasteiger partial charge in [-0.2, -0.15) is 5.10 Å². The van der Waals surface area contributed by atoms with Crippen LogP contribution in [-0.4, -0.2) is 12.2 Å². The topological polar surface area (TPSA) is 76.8 Å². The largest absolute Gasteiger partial charge is 0.369 e. The van der Waals surface area contributed by atoms with E-state index in [0.29, 0.717) is 5.92 Å². The van der Waals surface area contributed by atoms with E-state index in [0.717, 1.165) is 0 Å². The summed E-state index contributed by atoms with van der Waals surface area (Å²) < 4.78 is 0. The smallest absolute Gasteiger partial charge is 0.211 e. The molecule has 12 heavy (non-hydrogen) atoms. The lowest BCUT2D eigenvalue weighted by molar-refractivity contribution is 0.444. The van der Waals surface area contributed by atoms with Gasteiger partial charge in [-0.15, -0.1) is 5.10 Å². The number of nitrogens with zero attached hydrogens (tertiary/aromatic N) is 2.